The molecular formula is C11H13F3. The molecule has 3 heteroatoms. The summed E-state index contributed by atoms with van der Waals surface area (Å²) in [6.45, 7) is 5.69. The lowest BCUT2D eigenvalue weighted by Gasteiger charge is -2.09. The topological polar surface area (TPSA) is 0 Å². The van der Waals surface area contributed by atoms with Crippen molar-refractivity contribution in [1.82, 2.24) is 0 Å². The number of hydrogen-bond donors (Lipinski definition) is 0. The van der Waals surface area contributed by atoms with Crippen LogP contribution < -0.4 is 0 Å². The minimum Gasteiger partial charge on any atom is -0.166 e. The summed E-state index contributed by atoms with van der Waals surface area (Å²) in [5, 5.41) is 0. The first-order valence-corrected chi connectivity index (χ1v) is 4.60. The average molecular weight is 202 g/mol. The molecular weight excluding hydrogens is 189 g/mol. The second-order valence-electron chi connectivity index (χ2n) is 3.34. The molecule has 0 unspecified atom stereocenters. The molecule has 0 amide bonds. The molecule has 0 spiro atoms. The van der Waals surface area contributed by atoms with E-state index in [1.54, 1.807) is 0 Å². The molecule has 0 aromatic carbocycles. The van der Waals surface area contributed by atoms with E-state index in [-0.39, 0.29) is 6.42 Å². The van der Waals surface area contributed by atoms with Crippen LogP contribution in [0.4, 0.5) is 13.2 Å². The lowest BCUT2D eigenvalue weighted by atomic mass is 10.0. The first kappa shape index (κ1) is 11.1. The van der Waals surface area contributed by atoms with Crippen molar-refractivity contribution >= 4 is 0 Å². The molecule has 0 bridgehead atoms. The highest BCUT2D eigenvalue weighted by Gasteiger charge is 2.33. The first-order valence-electron chi connectivity index (χ1n) is 4.60. The molecule has 0 saturated heterocycles. The molecule has 0 radical (unpaired) electrons. The molecule has 0 atom stereocenters. The number of rotatable bonds is 1. The van der Waals surface area contributed by atoms with Gasteiger partial charge in [-0.3, -0.25) is 0 Å². The van der Waals surface area contributed by atoms with E-state index in [1.807, 2.05) is 6.92 Å². The predicted octanol–water partition coefficient (Wildman–Crippen LogP) is 4.16. The Morgan fingerprint density at radius 3 is 2.43 bits per heavy atom. The Bertz CT molecular complexity index is 292. The number of allylic oxidation sites excluding steroid dienone is 5. The van der Waals surface area contributed by atoms with Crippen LogP contribution in [0.5, 0.6) is 0 Å². The fraction of sp³-hybridized carbons (Fsp3) is 0.455. The molecule has 0 aliphatic heterocycles. The number of hydrogen-bond acceptors (Lipinski definition) is 0. The van der Waals surface area contributed by atoms with Crippen molar-refractivity contribution in [2.45, 2.75) is 32.4 Å². The van der Waals surface area contributed by atoms with Crippen molar-refractivity contribution in [1.29, 1.82) is 0 Å². The van der Waals surface area contributed by atoms with Gasteiger partial charge in [-0.25, -0.2) is 0 Å². The zero-order valence-electron chi connectivity index (χ0n) is 8.12. The molecule has 1 aliphatic carbocycles. The molecule has 1 rings (SSSR count). The normalized spacial score (nSPS) is 18.7. The van der Waals surface area contributed by atoms with Crippen LogP contribution in [-0.4, -0.2) is 6.18 Å². The highest BCUT2D eigenvalue weighted by molar-refractivity contribution is 5.36. The molecule has 0 heterocycles. The van der Waals surface area contributed by atoms with E-state index in [2.05, 4.69) is 6.58 Å². The van der Waals surface area contributed by atoms with Crippen LogP contribution in [-0.2, 0) is 0 Å². The van der Waals surface area contributed by atoms with E-state index in [1.165, 1.54) is 12.2 Å². The van der Waals surface area contributed by atoms with E-state index >= 15 is 0 Å². The average Bonchev–Trinajstić information content (AvgIpc) is 2.25. The zero-order valence-corrected chi connectivity index (χ0v) is 8.12. The molecule has 0 aromatic rings. The van der Waals surface area contributed by atoms with Gasteiger partial charge < -0.3 is 0 Å². The third-order valence-electron chi connectivity index (χ3n) is 2.38. The van der Waals surface area contributed by atoms with Gasteiger partial charge in [0.2, 0.25) is 0 Å². The van der Waals surface area contributed by atoms with Crippen LogP contribution in [0.3, 0.4) is 0 Å². The quantitative estimate of drug-likeness (QED) is 0.598. The molecule has 1 aliphatic rings. The van der Waals surface area contributed by atoms with Gasteiger partial charge in [0.15, 0.2) is 0 Å². The second-order valence-corrected chi connectivity index (χ2v) is 3.34. The van der Waals surface area contributed by atoms with Crippen LogP contribution in [0, 0.1) is 0 Å². The molecule has 0 nitrogen and oxygen atoms in total. The van der Waals surface area contributed by atoms with Crippen molar-refractivity contribution in [3.8, 4) is 0 Å². The van der Waals surface area contributed by atoms with Gasteiger partial charge in [0, 0.05) is 5.57 Å². The van der Waals surface area contributed by atoms with Gasteiger partial charge in [0.1, 0.15) is 0 Å². The van der Waals surface area contributed by atoms with Crippen LogP contribution in [0.1, 0.15) is 26.2 Å². The van der Waals surface area contributed by atoms with Crippen LogP contribution in [0.15, 0.2) is 35.5 Å². The summed E-state index contributed by atoms with van der Waals surface area (Å²) in [4.78, 5) is 0. The highest BCUT2D eigenvalue weighted by atomic mass is 19.4. The summed E-state index contributed by atoms with van der Waals surface area (Å²) in [6.07, 6.45) is -0.289. The molecule has 14 heavy (non-hydrogen) atoms. The van der Waals surface area contributed by atoms with Gasteiger partial charge in [0.25, 0.3) is 0 Å². The lowest BCUT2D eigenvalue weighted by Crippen LogP contribution is -2.11. The van der Waals surface area contributed by atoms with Crippen molar-refractivity contribution < 1.29 is 13.2 Å². The van der Waals surface area contributed by atoms with Crippen molar-refractivity contribution in [3.63, 3.8) is 0 Å². The van der Waals surface area contributed by atoms with E-state index in [0.717, 1.165) is 17.6 Å². The molecule has 0 aromatic heterocycles. The van der Waals surface area contributed by atoms with E-state index in [9.17, 15) is 13.2 Å². The van der Waals surface area contributed by atoms with E-state index in [0.29, 0.717) is 6.42 Å². The summed E-state index contributed by atoms with van der Waals surface area (Å²) >= 11 is 0. The molecule has 0 N–H and O–H groups in total. The van der Waals surface area contributed by atoms with Crippen molar-refractivity contribution in [2.24, 2.45) is 0 Å². The summed E-state index contributed by atoms with van der Waals surface area (Å²) < 4.78 is 37.1. The molecule has 0 saturated carbocycles. The van der Waals surface area contributed by atoms with Gasteiger partial charge in [-0.1, -0.05) is 31.2 Å². The fourth-order valence-corrected chi connectivity index (χ4v) is 1.45. The smallest absolute Gasteiger partial charge is 0.166 e. The lowest BCUT2D eigenvalue weighted by molar-refractivity contribution is -0.0938. The monoisotopic (exact) mass is 202 g/mol. The Morgan fingerprint density at radius 2 is 1.93 bits per heavy atom. The summed E-state index contributed by atoms with van der Waals surface area (Å²) in [6, 6.07) is 0. The SMILES string of the molecule is C=C1CCC(C(F)(F)F)=CC=C1CC. The maximum atomic E-state index is 12.4. The minimum absolute atomic E-state index is 0.0440. The summed E-state index contributed by atoms with van der Waals surface area (Å²) in [5.74, 6) is 0. The van der Waals surface area contributed by atoms with E-state index < -0.39 is 11.7 Å². The maximum Gasteiger partial charge on any atom is 0.412 e. The second kappa shape index (κ2) is 4.03. The van der Waals surface area contributed by atoms with Gasteiger partial charge in [-0.15, -0.1) is 0 Å². The molecule has 0 fully saturated rings. The third-order valence-corrected chi connectivity index (χ3v) is 2.38. The fourth-order valence-electron chi connectivity index (χ4n) is 1.45. The standard InChI is InChI=1S/C11H13F3/c1-3-9-5-7-10(11(12,13)14)6-4-8(9)2/h5,7H,2-4,6H2,1H3. The number of alkyl halides is 3. The Balaban J connectivity index is 2.91. The van der Waals surface area contributed by atoms with Crippen LogP contribution >= 0.6 is 0 Å². The maximum absolute atomic E-state index is 12.4. The van der Waals surface area contributed by atoms with Gasteiger partial charge in [-0.2, -0.15) is 13.2 Å². The Labute approximate surface area is 81.8 Å². The van der Waals surface area contributed by atoms with Gasteiger partial charge >= 0.3 is 6.18 Å². The minimum atomic E-state index is -4.19. The van der Waals surface area contributed by atoms with E-state index in [4.69, 9.17) is 0 Å². The number of halogens is 3. The Hall–Kier alpha value is -0.990. The van der Waals surface area contributed by atoms with Crippen molar-refractivity contribution in [2.75, 3.05) is 0 Å². The van der Waals surface area contributed by atoms with Crippen molar-refractivity contribution in [3.05, 3.63) is 35.5 Å². The van der Waals surface area contributed by atoms with Gasteiger partial charge in [0.05, 0.1) is 0 Å². The Morgan fingerprint density at radius 1 is 1.29 bits per heavy atom. The predicted molar refractivity (Wildman–Crippen MR) is 50.9 cm³/mol. The third kappa shape index (κ3) is 2.50. The first-order chi connectivity index (χ1) is 6.45. The zero-order chi connectivity index (χ0) is 10.8. The largest absolute Gasteiger partial charge is 0.412 e. The highest BCUT2D eigenvalue weighted by Crippen LogP contribution is 2.33. The Kier molecular flexibility index (Phi) is 3.19. The molecule has 78 valence electrons. The van der Waals surface area contributed by atoms with Crippen LogP contribution in [0.2, 0.25) is 0 Å². The summed E-state index contributed by atoms with van der Waals surface area (Å²) in [7, 11) is 0. The van der Waals surface area contributed by atoms with Gasteiger partial charge in [-0.05, 0) is 24.8 Å². The summed E-state index contributed by atoms with van der Waals surface area (Å²) in [5.41, 5.74) is 1.29. The van der Waals surface area contributed by atoms with Crippen LogP contribution in [0.25, 0.3) is 0 Å².